The minimum atomic E-state index is -0.562. The number of hydrogen-bond donors (Lipinski definition) is 0. The number of ether oxygens (including phenoxy) is 2. The second kappa shape index (κ2) is 11.8. The van der Waals surface area contributed by atoms with E-state index in [1.165, 1.54) is 77.0 Å². The lowest BCUT2D eigenvalue weighted by Gasteiger charge is -2.58. The summed E-state index contributed by atoms with van der Waals surface area (Å²) in [5, 5.41) is 0. The fraction of sp³-hybridized carbons (Fsp3) is 0.743. The van der Waals surface area contributed by atoms with Gasteiger partial charge in [-0.1, -0.05) is 88.6 Å². The van der Waals surface area contributed by atoms with Crippen molar-refractivity contribution < 1.29 is 14.3 Å². The Balaban J connectivity index is 1.17. The molecule has 38 heavy (non-hydrogen) atoms. The van der Waals surface area contributed by atoms with Gasteiger partial charge in [0.05, 0.1) is 0 Å². The normalized spacial score (nSPS) is 36.0. The lowest BCUT2D eigenvalue weighted by atomic mass is 9.47. The first-order valence-corrected chi connectivity index (χ1v) is 16.0. The molecule has 0 spiro atoms. The minimum Gasteiger partial charge on any atom is -0.430 e. The Bertz CT molecular complexity index is 979. The summed E-state index contributed by atoms with van der Waals surface area (Å²) in [5.74, 6) is 4.05. The molecule has 0 N–H and O–H groups in total. The van der Waals surface area contributed by atoms with Crippen LogP contribution in [-0.4, -0.2) is 12.3 Å². The van der Waals surface area contributed by atoms with Gasteiger partial charge in [0, 0.05) is 6.42 Å². The largest absolute Gasteiger partial charge is 0.514 e. The van der Waals surface area contributed by atoms with Crippen LogP contribution >= 0.6 is 0 Å². The van der Waals surface area contributed by atoms with Gasteiger partial charge in [-0.2, -0.15) is 0 Å². The van der Waals surface area contributed by atoms with Crippen LogP contribution in [-0.2, 0) is 4.74 Å². The van der Waals surface area contributed by atoms with E-state index < -0.39 is 6.16 Å². The van der Waals surface area contributed by atoms with Crippen LogP contribution in [0.15, 0.2) is 35.9 Å². The van der Waals surface area contributed by atoms with Crippen LogP contribution in [0.5, 0.6) is 5.75 Å². The van der Waals surface area contributed by atoms with Gasteiger partial charge >= 0.3 is 6.16 Å². The monoisotopic (exact) mass is 520 g/mol. The average Bonchev–Trinajstić information content (AvgIpc) is 3.24. The maximum atomic E-state index is 12.5. The van der Waals surface area contributed by atoms with Gasteiger partial charge in [0.1, 0.15) is 11.9 Å². The van der Waals surface area contributed by atoms with E-state index in [1.807, 2.05) is 31.2 Å². The maximum absolute atomic E-state index is 12.5. The molecule has 0 amide bonds. The van der Waals surface area contributed by atoms with E-state index in [4.69, 9.17) is 9.47 Å². The van der Waals surface area contributed by atoms with Gasteiger partial charge < -0.3 is 9.47 Å². The van der Waals surface area contributed by atoms with E-state index in [0.717, 1.165) is 48.5 Å². The van der Waals surface area contributed by atoms with Crippen LogP contribution in [0.1, 0.15) is 123 Å². The molecule has 3 nitrogen and oxygen atoms in total. The van der Waals surface area contributed by atoms with Crippen LogP contribution in [0, 0.1) is 41.4 Å². The highest BCUT2D eigenvalue weighted by Crippen LogP contribution is 2.66. The molecule has 0 radical (unpaired) electrons. The van der Waals surface area contributed by atoms with Gasteiger partial charge in [0.15, 0.2) is 0 Å². The minimum absolute atomic E-state index is 0.0640. The smallest absolute Gasteiger partial charge is 0.430 e. The van der Waals surface area contributed by atoms with Crippen molar-refractivity contribution in [3.8, 4) is 5.75 Å². The van der Waals surface area contributed by atoms with Gasteiger partial charge in [0.2, 0.25) is 0 Å². The van der Waals surface area contributed by atoms with Gasteiger partial charge in [-0.25, -0.2) is 4.79 Å². The number of rotatable bonds is 9. The third kappa shape index (κ3) is 5.59. The summed E-state index contributed by atoms with van der Waals surface area (Å²) < 4.78 is 11.3. The van der Waals surface area contributed by atoms with Gasteiger partial charge in [0.25, 0.3) is 0 Å². The quantitative estimate of drug-likeness (QED) is 0.141. The Morgan fingerprint density at radius 3 is 2.47 bits per heavy atom. The summed E-state index contributed by atoms with van der Waals surface area (Å²) in [6.07, 6.45) is 21.8. The fourth-order valence-electron chi connectivity index (χ4n) is 9.34. The first-order chi connectivity index (χ1) is 18.3. The molecule has 4 aliphatic carbocycles. The Labute approximate surface area is 232 Å². The lowest BCUT2D eigenvalue weighted by molar-refractivity contribution is -0.0538. The summed E-state index contributed by atoms with van der Waals surface area (Å²) in [4.78, 5) is 12.5. The molecule has 0 aliphatic heterocycles. The number of allylic oxidation sites excluding steroid dienone is 1. The third-order valence-electron chi connectivity index (χ3n) is 11.6. The predicted molar refractivity (Wildman–Crippen MR) is 155 cm³/mol. The number of fused-ring (bicyclic) bond motifs is 5. The van der Waals surface area contributed by atoms with E-state index in [-0.39, 0.29) is 11.5 Å². The van der Waals surface area contributed by atoms with Crippen molar-refractivity contribution in [2.75, 3.05) is 0 Å². The molecule has 1 aromatic rings. The average molecular weight is 521 g/mol. The van der Waals surface area contributed by atoms with Crippen LogP contribution < -0.4 is 4.74 Å². The van der Waals surface area contributed by atoms with Crippen LogP contribution in [0.3, 0.4) is 0 Å². The predicted octanol–water partition coefficient (Wildman–Crippen LogP) is 10.2. The number of unbranched alkanes of at least 4 members (excludes halogenated alkanes) is 5. The van der Waals surface area contributed by atoms with Crippen LogP contribution in [0.2, 0.25) is 0 Å². The van der Waals surface area contributed by atoms with E-state index in [2.05, 4.69) is 26.8 Å². The summed E-state index contributed by atoms with van der Waals surface area (Å²) >= 11 is 0. The molecule has 210 valence electrons. The molecule has 3 heteroatoms. The Morgan fingerprint density at radius 2 is 1.68 bits per heavy atom. The number of carbonyl (C=O) groups excluding carboxylic acids is 1. The van der Waals surface area contributed by atoms with E-state index in [9.17, 15) is 4.79 Å². The van der Waals surface area contributed by atoms with E-state index in [1.54, 1.807) is 5.57 Å². The van der Waals surface area contributed by atoms with Crippen molar-refractivity contribution in [2.45, 2.75) is 130 Å². The SMILES string of the molecule is CCCCCCCCC1CCC2C3CC=C4C[C@@H](OC(=O)Oc5ccc(C)cc5)CC[C@]4(C)C3CC[C@]12C. The first-order valence-electron chi connectivity index (χ1n) is 16.0. The molecular formula is C35H52O3. The number of hydrogen-bond acceptors (Lipinski definition) is 3. The topological polar surface area (TPSA) is 35.5 Å². The van der Waals surface area contributed by atoms with Gasteiger partial charge in [-0.05, 0) is 105 Å². The molecule has 0 aromatic heterocycles. The van der Waals surface area contributed by atoms with Crippen molar-refractivity contribution in [3.63, 3.8) is 0 Å². The zero-order chi connectivity index (χ0) is 26.8. The Hall–Kier alpha value is -1.77. The van der Waals surface area contributed by atoms with E-state index >= 15 is 0 Å². The molecule has 0 saturated heterocycles. The van der Waals surface area contributed by atoms with Crippen molar-refractivity contribution in [1.29, 1.82) is 0 Å². The van der Waals surface area contributed by atoms with Crippen LogP contribution in [0.25, 0.3) is 0 Å². The number of benzene rings is 1. The van der Waals surface area contributed by atoms with Crippen molar-refractivity contribution in [1.82, 2.24) is 0 Å². The maximum Gasteiger partial charge on any atom is 0.514 e. The number of carbonyl (C=O) groups is 1. The molecule has 1 aromatic carbocycles. The summed E-state index contributed by atoms with van der Waals surface area (Å²) in [5.41, 5.74) is 3.55. The molecule has 7 atom stereocenters. The molecule has 3 saturated carbocycles. The molecule has 0 bridgehead atoms. The molecule has 4 unspecified atom stereocenters. The highest BCUT2D eigenvalue weighted by Gasteiger charge is 2.58. The second-order valence-electron chi connectivity index (χ2n) is 13.8. The van der Waals surface area contributed by atoms with Crippen molar-refractivity contribution >= 4 is 6.16 Å². The second-order valence-corrected chi connectivity index (χ2v) is 13.8. The van der Waals surface area contributed by atoms with Crippen molar-refractivity contribution in [3.05, 3.63) is 41.5 Å². The zero-order valence-corrected chi connectivity index (χ0v) is 24.6. The molecule has 5 rings (SSSR count). The number of aryl methyl sites for hydroxylation is 1. The summed E-state index contributed by atoms with van der Waals surface area (Å²) in [7, 11) is 0. The van der Waals surface area contributed by atoms with Crippen molar-refractivity contribution in [2.24, 2.45) is 34.5 Å². The first kappa shape index (κ1) is 27.8. The molecular weight excluding hydrogens is 468 g/mol. The summed E-state index contributed by atoms with van der Waals surface area (Å²) in [6, 6.07) is 7.56. The molecule has 3 fully saturated rings. The fourth-order valence-corrected chi connectivity index (χ4v) is 9.34. The molecule has 4 aliphatic rings. The van der Waals surface area contributed by atoms with Gasteiger partial charge in [-0.3, -0.25) is 0 Å². The zero-order valence-electron chi connectivity index (χ0n) is 24.6. The third-order valence-corrected chi connectivity index (χ3v) is 11.6. The highest BCUT2D eigenvalue weighted by molar-refractivity contribution is 5.64. The lowest BCUT2D eigenvalue weighted by Crippen LogP contribution is -2.50. The standard InChI is InChI=1S/C35H52O3/c1-5-6-7-8-9-10-11-26-15-19-31-30-18-14-27-24-29(38-33(36)37-28-16-12-25(2)13-17-28)20-22-35(27,4)32(30)21-23-34(26,31)3/h12-14,16-17,26,29-32H,5-11,15,18-24H2,1-4H3/t26?,29-,30?,31?,32?,34+,35-/m0/s1. The Morgan fingerprint density at radius 1 is 0.921 bits per heavy atom. The highest BCUT2D eigenvalue weighted by atomic mass is 16.7. The molecule has 0 heterocycles. The Kier molecular flexibility index (Phi) is 8.60. The van der Waals surface area contributed by atoms with E-state index in [0.29, 0.717) is 11.2 Å². The van der Waals surface area contributed by atoms with Gasteiger partial charge in [-0.15, -0.1) is 0 Å². The summed E-state index contributed by atoms with van der Waals surface area (Å²) in [6.45, 7) is 9.55. The van der Waals surface area contributed by atoms with Crippen LogP contribution in [0.4, 0.5) is 4.79 Å².